The Labute approximate surface area is 252 Å². The number of hydrogen-bond acceptors (Lipinski definition) is 2. The highest BCUT2D eigenvalue weighted by atomic mass is 32.2. The molecular weight excluding hydrogens is 527 g/mol. The molecule has 5 aromatic rings. The summed E-state index contributed by atoms with van der Waals surface area (Å²) in [5.41, 5.74) is 14.2. The van der Waals surface area contributed by atoms with Gasteiger partial charge in [0.1, 0.15) is 0 Å². The van der Waals surface area contributed by atoms with Crippen LogP contribution in [0.1, 0.15) is 47.7 Å². The third-order valence-corrected chi connectivity index (χ3v) is 10.1. The fraction of sp³-hybridized carbons (Fsp3) is 0.100. The van der Waals surface area contributed by atoms with E-state index in [-0.39, 0.29) is 11.5 Å². The van der Waals surface area contributed by atoms with Crippen LogP contribution in [0.5, 0.6) is 0 Å². The van der Waals surface area contributed by atoms with Gasteiger partial charge in [-0.05, 0) is 61.7 Å². The molecule has 1 N–H and O–H groups in total. The van der Waals surface area contributed by atoms with Crippen molar-refractivity contribution in [3.63, 3.8) is 0 Å². The summed E-state index contributed by atoms with van der Waals surface area (Å²) in [6, 6.07) is 41.9. The molecule has 0 saturated carbocycles. The Kier molecular flexibility index (Phi) is 5.87. The summed E-state index contributed by atoms with van der Waals surface area (Å²) in [5, 5.41) is 3.92. The Balaban J connectivity index is 1.36. The van der Waals surface area contributed by atoms with Gasteiger partial charge in [-0.2, -0.15) is 0 Å². The summed E-state index contributed by atoms with van der Waals surface area (Å²) >= 11 is 1.94. The van der Waals surface area contributed by atoms with Crippen molar-refractivity contribution in [2.24, 2.45) is 0 Å². The van der Waals surface area contributed by atoms with E-state index in [1.54, 1.807) is 0 Å². The van der Waals surface area contributed by atoms with Crippen molar-refractivity contribution in [3.8, 4) is 22.3 Å². The van der Waals surface area contributed by atoms with Crippen molar-refractivity contribution in [1.82, 2.24) is 5.32 Å². The fourth-order valence-corrected chi connectivity index (χ4v) is 8.04. The van der Waals surface area contributed by atoms with Crippen molar-refractivity contribution in [1.29, 1.82) is 0 Å². The molecule has 2 heteroatoms. The normalized spacial score (nSPS) is 17.5. The molecule has 8 rings (SSSR count). The lowest BCUT2D eigenvalue weighted by molar-refractivity contribution is 0.682. The van der Waals surface area contributed by atoms with Gasteiger partial charge in [-0.25, -0.2) is 0 Å². The summed E-state index contributed by atoms with van der Waals surface area (Å²) in [7, 11) is 0. The zero-order valence-corrected chi connectivity index (χ0v) is 24.6. The van der Waals surface area contributed by atoms with E-state index in [0.29, 0.717) is 0 Å². The maximum atomic E-state index is 3.92. The fourth-order valence-electron chi connectivity index (χ4n) is 6.67. The van der Waals surface area contributed by atoms with Gasteiger partial charge in [0.05, 0.1) is 6.04 Å². The first-order chi connectivity index (χ1) is 20.6. The molecule has 0 fully saturated rings. The molecule has 0 saturated heterocycles. The summed E-state index contributed by atoms with van der Waals surface area (Å²) in [5.74, 6) is 0. The van der Waals surface area contributed by atoms with E-state index >= 15 is 0 Å². The highest BCUT2D eigenvalue weighted by molar-refractivity contribution is 7.99. The van der Waals surface area contributed by atoms with Gasteiger partial charge in [0.25, 0.3) is 0 Å². The molecule has 42 heavy (non-hydrogen) atoms. The molecule has 1 nitrogen and oxygen atoms in total. The van der Waals surface area contributed by atoms with Crippen LogP contribution >= 0.6 is 11.8 Å². The summed E-state index contributed by atoms with van der Waals surface area (Å²) < 4.78 is 0. The largest absolute Gasteiger partial charge is 0.374 e. The summed E-state index contributed by atoms with van der Waals surface area (Å²) in [6.07, 6.45) is 9.29. The molecular formula is C40H31NS. The Morgan fingerprint density at radius 3 is 2.00 bits per heavy atom. The average Bonchev–Trinajstić information content (AvgIpc) is 3.27. The van der Waals surface area contributed by atoms with Crippen LogP contribution in [-0.2, 0) is 5.41 Å². The maximum Gasteiger partial charge on any atom is 0.0773 e. The molecule has 0 radical (unpaired) electrons. The van der Waals surface area contributed by atoms with E-state index in [9.17, 15) is 0 Å². The van der Waals surface area contributed by atoms with Gasteiger partial charge < -0.3 is 5.32 Å². The minimum atomic E-state index is 0.0248. The monoisotopic (exact) mass is 557 g/mol. The first-order valence-corrected chi connectivity index (χ1v) is 15.5. The highest BCUT2D eigenvalue weighted by Gasteiger charge is 2.32. The molecule has 0 bridgehead atoms. The lowest BCUT2D eigenvalue weighted by Gasteiger charge is -2.30. The number of benzene rings is 5. The van der Waals surface area contributed by atoms with Gasteiger partial charge in [-0.3, -0.25) is 0 Å². The number of hydrogen-bond donors (Lipinski definition) is 1. The Hall–Kier alpha value is -4.53. The third kappa shape index (κ3) is 4.01. The first kappa shape index (κ1) is 25.2. The molecule has 2 heterocycles. The minimum Gasteiger partial charge on any atom is -0.374 e. The van der Waals surface area contributed by atoms with Crippen LogP contribution in [0.4, 0.5) is 0 Å². The van der Waals surface area contributed by atoms with Gasteiger partial charge >= 0.3 is 0 Å². The quantitative estimate of drug-likeness (QED) is 0.232. The molecule has 2 aliphatic heterocycles. The average molecular weight is 558 g/mol. The second-order valence-corrected chi connectivity index (χ2v) is 12.9. The Morgan fingerprint density at radius 1 is 0.595 bits per heavy atom. The highest BCUT2D eigenvalue weighted by Crippen LogP contribution is 2.55. The first-order valence-electron chi connectivity index (χ1n) is 14.6. The molecule has 0 aromatic heterocycles. The van der Waals surface area contributed by atoms with Crippen LogP contribution in [0.2, 0.25) is 0 Å². The van der Waals surface area contributed by atoms with Crippen molar-refractivity contribution in [3.05, 3.63) is 161 Å². The van der Waals surface area contributed by atoms with Crippen molar-refractivity contribution < 1.29 is 0 Å². The number of nitrogens with one attached hydrogen (secondary N) is 1. The second-order valence-electron chi connectivity index (χ2n) is 11.8. The SMILES string of the molecule is CC1(C)C=Cc2c1ccc1c2Sc2c(C3=CC=C(c4ccccc4)NC3c3ccccc3)cccc2-c2ccccc2-1. The molecule has 1 unspecified atom stereocenters. The summed E-state index contributed by atoms with van der Waals surface area (Å²) in [6.45, 7) is 4.63. The van der Waals surface area contributed by atoms with Crippen LogP contribution < -0.4 is 5.32 Å². The molecule has 202 valence electrons. The number of fused-ring (bicyclic) bond motifs is 7. The maximum absolute atomic E-state index is 3.92. The number of dihydropyridines is 1. The smallest absolute Gasteiger partial charge is 0.0773 e. The van der Waals surface area contributed by atoms with Crippen LogP contribution in [0.25, 0.3) is 39.6 Å². The molecule has 5 aromatic carbocycles. The van der Waals surface area contributed by atoms with Crippen molar-refractivity contribution in [2.75, 3.05) is 0 Å². The third-order valence-electron chi connectivity index (χ3n) is 8.85. The molecule has 0 amide bonds. The Bertz CT molecular complexity index is 1940. The van der Waals surface area contributed by atoms with E-state index in [2.05, 4.69) is 159 Å². The van der Waals surface area contributed by atoms with Gasteiger partial charge in [0, 0.05) is 20.9 Å². The van der Waals surface area contributed by atoms with E-state index in [1.807, 2.05) is 11.8 Å². The van der Waals surface area contributed by atoms with Crippen LogP contribution in [0.15, 0.2) is 143 Å². The van der Waals surface area contributed by atoms with Gasteiger partial charge in [-0.1, -0.05) is 159 Å². The zero-order valence-electron chi connectivity index (χ0n) is 23.8. The Morgan fingerprint density at radius 2 is 1.24 bits per heavy atom. The van der Waals surface area contributed by atoms with Crippen LogP contribution in [0.3, 0.4) is 0 Å². The number of allylic oxidation sites excluding steroid dienone is 3. The minimum absolute atomic E-state index is 0.0248. The lowest BCUT2D eigenvalue weighted by Crippen LogP contribution is -2.24. The second kappa shape index (κ2) is 9.79. The van der Waals surface area contributed by atoms with Crippen LogP contribution in [0, 0.1) is 0 Å². The number of rotatable bonds is 3. The lowest BCUT2D eigenvalue weighted by atomic mass is 9.85. The van der Waals surface area contributed by atoms with Crippen LogP contribution in [-0.4, -0.2) is 0 Å². The zero-order chi connectivity index (χ0) is 28.3. The van der Waals surface area contributed by atoms with Crippen molar-refractivity contribution in [2.45, 2.75) is 35.1 Å². The summed E-state index contributed by atoms with van der Waals surface area (Å²) in [4.78, 5) is 2.68. The molecule has 3 aliphatic rings. The van der Waals surface area contributed by atoms with E-state index < -0.39 is 0 Å². The van der Waals surface area contributed by atoms with E-state index in [4.69, 9.17) is 0 Å². The topological polar surface area (TPSA) is 12.0 Å². The van der Waals surface area contributed by atoms with Gasteiger partial charge in [0.15, 0.2) is 0 Å². The molecule has 1 aliphatic carbocycles. The standard InChI is InChI=1S/C40H31NS/c1-40(2)25-24-34-35(40)22-20-33-29-17-10-9-16-28(29)31-18-11-19-32(38(31)42-39(33)34)30-21-23-36(26-12-5-3-6-13-26)41-37(30)27-14-7-4-8-15-27/h3-25,37,41H,1-2H3. The molecule has 1 atom stereocenters. The predicted octanol–water partition coefficient (Wildman–Crippen LogP) is 10.6. The molecule has 0 spiro atoms. The van der Waals surface area contributed by atoms with Gasteiger partial charge in [-0.15, -0.1) is 0 Å². The van der Waals surface area contributed by atoms with E-state index in [0.717, 1.165) is 5.70 Å². The van der Waals surface area contributed by atoms with E-state index in [1.165, 1.54) is 65.4 Å². The van der Waals surface area contributed by atoms with Gasteiger partial charge in [0.2, 0.25) is 0 Å². The van der Waals surface area contributed by atoms with Crippen molar-refractivity contribution >= 4 is 29.1 Å². The predicted molar refractivity (Wildman–Crippen MR) is 178 cm³/mol.